The first-order valence-electron chi connectivity index (χ1n) is 10.4. The number of hydrogen-bond acceptors (Lipinski definition) is 5. The van der Waals surface area contributed by atoms with Crippen LogP contribution in [-0.4, -0.2) is 55.5 Å². The molecule has 0 aliphatic carbocycles. The van der Waals surface area contributed by atoms with Crippen LogP contribution in [0.4, 0.5) is 0 Å². The lowest BCUT2D eigenvalue weighted by atomic mass is 10.1. The molecule has 0 spiro atoms. The van der Waals surface area contributed by atoms with Gasteiger partial charge in [0.1, 0.15) is 5.82 Å². The lowest BCUT2D eigenvalue weighted by Crippen LogP contribution is -2.33. The van der Waals surface area contributed by atoms with Gasteiger partial charge in [-0.2, -0.15) is 15.0 Å². The number of nitrogens with one attached hydrogen (secondary N) is 1. The molecule has 1 amide bonds. The van der Waals surface area contributed by atoms with Gasteiger partial charge in [-0.05, 0) is 43.7 Å². The van der Waals surface area contributed by atoms with Crippen molar-refractivity contribution in [1.82, 2.24) is 29.9 Å². The summed E-state index contributed by atoms with van der Waals surface area (Å²) in [5, 5.41) is 9.11. The maximum absolute atomic E-state index is 13.8. The third-order valence-electron chi connectivity index (χ3n) is 6.05. The average Bonchev–Trinajstić information content (AvgIpc) is 3.55. The Morgan fingerprint density at radius 3 is 2.72 bits per heavy atom. The van der Waals surface area contributed by atoms with E-state index in [-0.39, 0.29) is 18.1 Å². The highest BCUT2D eigenvalue weighted by molar-refractivity contribution is 6.32. The van der Waals surface area contributed by atoms with Crippen LogP contribution in [0.2, 0.25) is 5.02 Å². The van der Waals surface area contributed by atoms with Gasteiger partial charge >= 0.3 is 0 Å². The summed E-state index contributed by atoms with van der Waals surface area (Å²) in [6.45, 7) is 4.37. The number of fused-ring (bicyclic) bond motifs is 1. The van der Waals surface area contributed by atoms with Crippen LogP contribution < -0.4 is 0 Å². The van der Waals surface area contributed by atoms with Crippen LogP contribution in [0.1, 0.15) is 39.8 Å². The van der Waals surface area contributed by atoms with E-state index in [1.165, 1.54) is 4.80 Å². The molecule has 1 N–H and O–H groups in total. The highest BCUT2D eigenvalue weighted by Gasteiger charge is 2.39. The standard InChI is InChI=1S/C23H23ClN6O2/c1-13-4-7-19(30-25-8-9-26-30)16(10-13)23(31)29-12-15(32-3)11-20(29)22-27-18-6-5-17(24)14(2)21(18)28-22/h4-10,15,20H,11-12H2,1-3H3,(H,27,28). The minimum Gasteiger partial charge on any atom is -0.380 e. The van der Waals surface area contributed by atoms with Gasteiger partial charge in [0.2, 0.25) is 0 Å². The highest BCUT2D eigenvalue weighted by atomic mass is 35.5. The fourth-order valence-electron chi connectivity index (χ4n) is 4.31. The topological polar surface area (TPSA) is 88.9 Å². The Balaban J connectivity index is 1.57. The lowest BCUT2D eigenvalue weighted by Gasteiger charge is -2.24. The Morgan fingerprint density at radius 2 is 1.97 bits per heavy atom. The van der Waals surface area contributed by atoms with Crippen molar-refractivity contribution in [2.75, 3.05) is 13.7 Å². The molecule has 0 bridgehead atoms. The second-order valence-corrected chi connectivity index (χ2v) is 8.50. The number of hydrogen-bond donors (Lipinski definition) is 1. The number of benzene rings is 2. The second-order valence-electron chi connectivity index (χ2n) is 8.10. The summed E-state index contributed by atoms with van der Waals surface area (Å²) >= 11 is 6.29. The molecule has 1 fully saturated rings. The van der Waals surface area contributed by atoms with Crippen LogP contribution in [0.15, 0.2) is 42.7 Å². The predicted octanol–water partition coefficient (Wildman–Crippen LogP) is 4.02. The first-order valence-corrected chi connectivity index (χ1v) is 10.8. The zero-order valence-corrected chi connectivity index (χ0v) is 18.8. The van der Waals surface area contributed by atoms with Gasteiger partial charge in [-0.1, -0.05) is 23.2 Å². The van der Waals surface area contributed by atoms with Crippen molar-refractivity contribution in [3.63, 3.8) is 0 Å². The molecule has 0 saturated carbocycles. The van der Waals surface area contributed by atoms with Crippen molar-refractivity contribution < 1.29 is 9.53 Å². The third kappa shape index (κ3) is 3.45. The molecule has 1 aliphatic heterocycles. The van der Waals surface area contributed by atoms with E-state index in [1.54, 1.807) is 19.5 Å². The monoisotopic (exact) mass is 450 g/mol. The molecule has 2 unspecified atom stereocenters. The quantitative estimate of drug-likeness (QED) is 0.507. The number of carbonyl (C=O) groups is 1. The number of aromatic amines is 1. The van der Waals surface area contributed by atoms with Gasteiger partial charge in [-0.3, -0.25) is 4.79 Å². The van der Waals surface area contributed by atoms with Crippen LogP contribution >= 0.6 is 11.6 Å². The van der Waals surface area contributed by atoms with Crippen molar-refractivity contribution in [2.24, 2.45) is 0 Å². The molecular weight excluding hydrogens is 428 g/mol. The SMILES string of the molecule is COC1CC(c2nc3c(C)c(Cl)ccc3[nH]2)N(C(=O)c2cc(C)ccc2-n2nccn2)C1. The zero-order valence-electron chi connectivity index (χ0n) is 18.0. The molecule has 1 aliphatic rings. The number of amides is 1. The number of nitrogens with zero attached hydrogens (tertiary/aromatic N) is 5. The van der Waals surface area contributed by atoms with E-state index >= 15 is 0 Å². The number of imidazole rings is 1. The van der Waals surface area contributed by atoms with E-state index in [0.29, 0.717) is 29.2 Å². The third-order valence-corrected chi connectivity index (χ3v) is 6.46. The van der Waals surface area contributed by atoms with Crippen LogP contribution in [0, 0.1) is 13.8 Å². The molecular formula is C23H23ClN6O2. The molecule has 2 aromatic heterocycles. The van der Waals surface area contributed by atoms with Gasteiger partial charge in [0, 0.05) is 25.1 Å². The number of methoxy groups -OCH3 is 1. The van der Waals surface area contributed by atoms with Crippen molar-refractivity contribution >= 4 is 28.5 Å². The first kappa shape index (κ1) is 20.7. The fraction of sp³-hybridized carbons (Fsp3) is 0.304. The van der Waals surface area contributed by atoms with E-state index in [4.69, 9.17) is 21.3 Å². The molecule has 1 saturated heterocycles. The summed E-state index contributed by atoms with van der Waals surface area (Å²) in [6.07, 6.45) is 3.75. The van der Waals surface area contributed by atoms with E-state index in [0.717, 1.165) is 28.0 Å². The number of likely N-dealkylation sites (tertiary alicyclic amines) is 1. The summed E-state index contributed by atoms with van der Waals surface area (Å²) in [7, 11) is 1.67. The molecule has 3 heterocycles. The van der Waals surface area contributed by atoms with Gasteiger partial charge in [0.15, 0.2) is 0 Å². The molecule has 8 nitrogen and oxygen atoms in total. The van der Waals surface area contributed by atoms with Crippen LogP contribution in [0.25, 0.3) is 16.7 Å². The molecule has 0 radical (unpaired) electrons. The summed E-state index contributed by atoms with van der Waals surface area (Å²) < 4.78 is 5.64. The van der Waals surface area contributed by atoms with Crippen molar-refractivity contribution in [2.45, 2.75) is 32.4 Å². The molecule has 5 rings (SSSR count). The minimum absolute atomic E-state index is 0.0852. The Bertz CT molecular complexity index is 1300. The van der Waals surface area contributed by atoms with Crippen molar-refractivity contribution in [1.29, 1.82) is 0 Å². The maximum atomic E-state index is 13.8. The van der Waals surface area contributed by atoms with Gasteiger partial charge in [0.25, 0.3) is 5.91 Å². The lowest BCUT2D eigenvalue weighted by molar-refractivity contribution is 0.0684. The van der Waals surface area contributed by atoms with Crippen LogP contribution in [-0.2, 0) is 4.74 Å². The Kier molecular flexibility index (Phi) is 5.19. The molecule has 164 valence electrons. The first-order chi connectivity index (χ1) is 15.5. The number of aryl methyl sites for hydroxylation is 2. The Morgan fingerprint density at radius 1 is 1.19 bits per heavy atom. The summed E-state index contributed by atoms with van der Waals surface area (Å²) in [4.78, 5) is 25.3. The number of halogens is 1. The van der Waals surface area contributed by atoms with E-state index < -0.39 is 0 Å². The van der Waals surface area contributed by atoms with E-state index in [1.807, 2.05) is 49.1 Å². The smallest absolute Gasteiger partial charge is 0.256 e. The molecule has 9 heteroatoms. The largest absolute Gasteiger partial charge is 0.380 e. The second kappa shape index (κ2) is 8.03. The Hall–Kier alpha value is -3.23. The van der Waals surface area contributed by atoms with Crippen molar-refractivity contribution in [3.05, 3.63) is 70.3 Å². The Labute approximate surface area is 190 Å². The molecule has 2 aromatic carbocycles. The van der Waals surface area contributed by atoms with Crippen LogP contribution in [0.5, 0.6) is 0 Å². The number of aromatic nitrogens is 5. The van der Waals surface area contributed by atoms with Gasteiger partial charge in [-0.25, -0.2) is 4.98 Å². The van der Waals surface area contributed by atoms with Gasteiger partial charge in [-0.15, -0.1) is 0 Å². The zero-order chi connectivity index (χ0) is 22.4. The fourth-order valence-corrected chi connectivity index (χ4v) is 4.46. The molecule has 32 heavy (non-hydrogen) atoms. The maximum Gasteiger partial charge on any atom is 0.256 e. The van der Waals surface area contributed by atoms with E-state index in [9.17, 15) is 4.79 Å². The van der Waals surface area contributed by atoms with E-state index in [2.05, 4.69) is 15.2 Å². The highest BCUT2D eigenvalue weighted by Crippen LogP contribution is 2.36. The summed E-state index contributed by atoms with van der Waals surface area (Å²) in [5.74, 6) is 0.616. The average molecular weight is 451 g/mol. The molecule has 4 aromatic rings. The number of H-pyrrole nitrogens is 1. The number of rotatable bonds is 4. The molecule has 2 atom stereocenters. The van der Waals surface area contributed by atoms with Crippen molar-refractivity contribution in [3.8, 4) is 5.69 Å². The normalized spacial score (nSPS) is 18.6. The summed E-state index contributed by atoms with van der Waals surface area (Å²) in [6, 6.07) is 9.21. The number of ether oxygens (including phenoxy) is 1. The van der Waals surface area contributed by atoms with Crippen LogP contribution in [0.3, 0.4) is 0 Å². The summed E-state index contributed by atoms with van der Waals surface area (Å²) in [5.41, 5.74) is 4.79. The number of carbonyl (C=O) groups excluding carboxylic acids is 1. The minimum atomic E-state index is -0.253. The van der Waals surface area contributed by atoms with Gasteiger partial charge < -0.3 is 14.6 Å². The van der Waals surface area contributed by atoms with Gasteiger partial charge in [0.05, 0.1) is 46.8 Å². The predicted molar refractivity (Wildman–Crippen MR) is 121 cm³/mol.